The molecule has 1 amide bonds. The molecule has 3 aromatic carbocycles. The topological polar surface area (TPSA) is 85.3 Å². The summed E-state index contributed by atoms with van der Waals surface area (Å²) in [5.41, 5.74) is 1.58. The lowest BCUT2D eigenvalue weighted by Crippen LogP contribution is -2.24. The third kappa shape index (κ3) is 3.35. The molecule has 1 N–H and O–H groups in total. The number of amides is 1. The van der Waals surface area contributed by atoms with Crippen LogP contribution in [0.1, 0.15) is 16.2 Å². The molecule has 0 bridgehead atoms. The number of nitrogens with zero attached hydrogens (tertiary/aromatic N) is 1. The van der Waals surface area contributed by atoms with Crippen molar-refractivity contribution in [2.24, 2.45) is 0 Å². The smallest absolute Gasteiger partial charge is 0.287 e. The van der Waals surface area contributed by atoms with Crippen LogP contribution in [0.3, 0.4) is 0 Å². The number of hydrogen-bond acceptors (Lipinski definition) is 5. The van der Waals surface area contributed by atoms with E-state index < -0.39 is 5.91 Å². The summed E-state index contributed by atoms with van der Waals surface area (Å²) in [4.78, 5) is 24.6. The quantitative estimate of drug-likeness (QED) is 0.482. The number of para-hydroxylation sites is 1. The fourth-order valence-electron chi connectivity index (χ4n) is 3.35. The van der Waals surface area contributed by atoms with E-state index in [9.17, 15) is 9.59 Å². The largest absolute Gasteiger partial charge is 0.451 e. The fraction of sp³-hybridized carbons (Fsp3) is 0.0417. The van der Waals surface area contributed by atoms with Crippen LogP contribution in [0.5, 0.6) is 0 Å². The first-order valence-electron chi connectivity index (χ1n) is 9.43. The second-order valence-electron chi connectivity index (χ2n) is 6.90. The maximum Gasteiger partial charge on any atom is 0.287 e. The molecule has 0 radical (unpaired) electrons. The number of fused-ring (bicyclic) bond motifs is 2. The van der Waals surface area contributed by atoms with Gasteiger partial charge in [-0.15, -0.1) is 0 Å². The van der Waals surface area contributed by atoms with Crippen LogP contribution < -0.4 is 10.7 Å². The Balaban J connectivity index is 1.33. The number of hydrogen-bond donors (Lipinski definition) is 1. The number of nitrogens with one attached hydrogen (secondary N) is 1. The highest BCUT2D eigenvalue weighted by Crippen LogP contribution is 2.25. The van der Waals surface area contributed by atoms with Gasteiger partial charge in [0.2, 0.25) is 0 Å². The third-order valence-electron chi connectivity index (χ3n) is 4.88. The minimum Gasteiger partial charge on any atom is -0.451 e. The monoisotopic (exact) mass is 396 g/mol. The van der Waals surface area contributed by atoms with Gasteiger partial charge < -0.3 is 14.3 Å². The second-order valence-corrected chi connectivity index (χ2v) is 6.90. The number of rotatable bonds is 4. The zero-order valence-corrected chi connectivity index (χ0v) is 15.8. The van der Waals surface area contributed by atoms with E-state index >= 15 is 0 Å². The molecule has 5 aromatic rings. The molecule has 2 aromatic heterocycles. The van der Waals surface area contributed by atoms with E-state index in [0.29, 0.717) is 22.4 Å². The molecule has 0 aliphatic carbocycles. The van der Waals surface area contributed by atoms with Crippen molar-refractivity contribution in [3.8, 4) is 11.3 Å². The number of carbonyl (C=O) groups excluding carboxylic acids is 1. The van der Waals surface area contributed by atoms with Gasteiger partial charge in [-0.25, -0.2) is 0 Å². The van der Waals surface area contributed by atoms with Gasteiger partial charge in [0, 0.05) is 17.7 Å². The van der Waals surface area contributed by atoms with Crippen molar-refractivity contribution in [1.82, 2.24) is 10.5 Å². The first-order valence-corrected chi connectivity index (χ1v) is 9.43. The summed E-state index contributed by atoms with van der Waals surface area (Å²) in [6.07, 6.45) is 0. The third-order valence-corrected chi connectivity index (χ3v) is 4.88. The van der Waals surface area contributed by atoms with Crippen LogP contribution in [0.15, 0.2) is 92.6 Å². The van der Waals surface area contributed by atoms with Gasteiger partial charge in [0.15, 0.2) is 16.9 Å². The summed E-state index contributed by atoms with van der Waals surface area (Å²) >= 11 is 0. The van der Waals surface area contributed by atoms with E-state index in [2.05, 4.69) is 10.5 Å². The molecular formula is C24H16N2O4. The predicted octanol–water partition coefficient (Wildman–Crippen LogP) is 4.53. The summed E-state index contributed by atoms with van der Waals surface area (Å²) < 4.78 is 11.0. The van der Waals surface area contributed by atoms with E-state index in [1.165, 1.54) is 6.07 Å². The maximum absolute atomic E-state index is 12.4. The highest BCUT2D eigenvalue weighted by molar-refractivity contribution is 5.93. The Morgan fingerprint density at radius 3 is 2.60 bits per heavy atom. The summed E-state index contributed by atoms with van der Waals surface area (Å²) in [5, 5.41) is 9.41. The van der Waals surface area contributed by atoms with Crippen LogP contribution in [0, 0.1) is 0 Å². The highest BCUT2D eigenvalue weighted by atomic mass is 16.5. The molecule has 6 nitrogen and oxygen atoms in total. The standard InChI is InChI=1S/C24H16N2O4/c27-20-13-23(29-21-8-4-3-7-19(20)21)24(28)25-14-18-12-22(30-26-18)17-10-9-15-5-1-2-6-16(15)11-17/h1-13H,14H2,(H,25,28). The fourth-order valence-corrected chi connectivity index (χ4v) is 3.35. The van der Waals surface area contributed by atoms with Crippen molar-refractivity contribution in [3.63, 3.8) is 0 Å². The van der Waals surface area contributed by atoms with E-state index in [0.717, 1.165) is 16.3 Å². The van der Waals surface area contributed by atoms with Crippen LogP contribution in [0.4, 0.5) is 0 Å². The van der Waals surface area contributed by atoms with Gasteiger partial charge in [-0.3, -0.25) is 9.59 Å². The first kappa shape index (κ1) is 17.9. The Morgan fingerprint density at radius 2 is 1.70 bits per heavy atom. The number of aromatic nitrogens is 1. The molecule has 0 unspecified atom stereocenters. The van der Waals surface area contributed by atoms with Crippen molar-refractivity contribution in [1.29, 1.82) is 0 Å². The van der Waals surface area contributed by atoms with Gasteiger partial charge in [-0.05, 0) is 29.0 Å². The molecule has 0 atom stereocenters. The maximum atomic E-state index is 12.4. The molecule has 0 aliphatic heterocycles. The molecular weight excluding hydrogens is 380 g/mol. The molecule has 30 heavy (non-hydrogen) atoms. The number of carbonyl (C=O) groups is 1. The Bertz CT molecular complexity index is 1450. The highest BCUT2D eigenvalue weighted by Gasteiger charge is 2.14. The molecule has 0 aliphatic rings. The van der Waals surface area contributed by atoms with Crippen LogP contribution in [-0.4, -0.2) is 11.1 Å². The van der Waals surface area contributed by atoms with Gasteiger partial charge in [-0.2, -0.15) is 0 Å². The molecule has 2 heterocycles. The zero-order valence-electron chi connectivity index (χ0n) is 15.8. The van der Waals surface area contributed by atoms with Crippen LogP contribution >= 0.6 is 0 Å². The van der Waals surface area contributed by atoms with E-state index in [-0.39, 0.29) is 17.7 Å². The van der Waals surface area contributed by atoms with Gasteiger partial charge >= 0.3 is 0 Å². The minimum atomic E-state index is -0.492. The van der Waals surface area contributed by atoms with Crippen molar-refractivity contribution in [3.05, 3.63) is 101 Å². The summed E-state index contributed by atoms with van der Waals surface area (Å²) in [6, 6.07) is 23.9. The lowest BCUT2D eigenvalue weighted by molar-refractivity contribution is 0.0923. The molecule has 5 rings (SSSR count). The molecule has 0 fully saturated rings. The molecule has 146 valence electrons. The van der Waals surface area contributed by atoms with Crippen molar-refractivity contribution in [2.45, 2.75) is 6.54 Å². The summed E-state index contributed by atoms with van der Waals surface area (Å²) in [6.45, 7) is 0.145. The van der Waals surface area contributed by atoms with Gasteiger partial charge in [0.25, 0.3) is 5.91 Å². The lowest BCUT2D eigenvalue weighted by Gasteiger charge is -2.03. The Morgan fingerprint density at radius 1 is 0.900 bits per heavy atom. The zero-order chi connectivity index (χ0) is 20.5. The molecule has 6 heteroatoms. The first-order chi connectivity index (χ1) is 14.7. The minimum absolute atomic E-state index is 0.0445. The Labute approximate surface area is 170 Å². The predicted molar refractivity (Wildman–Crippen MR) is 113 cm³/mol. The average molecular weight is 396 g/mol. The van der Waals surface area contributed by atoms with Crippen LogP contribution in [-0.2, 0) is 6.54 Å². The van der Waals surface area contributed by atoms with Crippen molar-refractivity contribution >= 4 is 27.6 Å². The summed E-state index contributed by atoms with van der Waals surface area (Å²) in [5.74, 6) is 0.0762. The molecule has 0 saturated carbocycles. The summed E-state index contributed by atoms with van der Waals surface area (Å²) in [7, 11) is 0. The van der Waals surface area contributed by atoms with Crippen molar-refractivity contribution < 1.29 is 13.7 Å². The number of benzene rings is 3. The Kier molecular flexibility index (Phi) is 4.37. The lowest BCUT2D eigenvalue weighted by atomic mass is 10.1. The van der Waals surface area contributed by atoms with Crippen LogP contribution in [0.25, 0.3) is 33.1 Å². The molecule has 0 saturated heterocycles. The van der Waals surface area contributed by atoms with E-state index in [1.54, 1.807) is 30.3 Å². The van der Waals surface area contributed by atoms with Gasteiger partial charge in [0.05, 0.1) is 11.9 Å². The van der Waals surface area contributed by atoms with E-state index in [4.69, 9.17) is 8.94 Å². The van der Waals surface area contributed by atoms with E-state index in [1.807, 2.05) is 42.5 Å². The average Bonchev–Trinajstić information content (AvgIpc) is 3.26. The SMILES string of the molecule is O=C(NCc1cc(-c2ccc3ccccc3c2)on1)c1cc(=O)c2ccccc2o1. The Hall–Kier alpha value is -4.19. The van der Waals surface area contributed by atoms with Crippen LogP contribution in [0.2, 0.25) is 0 Å². The second kappa shape index (κ2) is 7.33. The van der Waals surface area contributed by atoms with Gasteiger partial charge in [-0.1, -0.05) is 53.7 Å². The normalized spacial score (nSPS) is 11.1. The van der Waals surface area contributed by atoms with Gasteiger partial charge in [0.1, 0.15) is 11.3 Å². The van der Waals surface area contributed by atoms with Crippen molar-refractivity contribution in [2.75, 3.05) is 0 Å². The molecule has 0 spiro atoms.